The molecular weight excluding hydrogens is 306 g/mol. The van der Waals surface area contributed by atoms with Gasteiger partial charge in [-0.3, -0.25) is 0 Å². The van der Waals surface area contributed by atoms with Crippen LogP contribution in [0.2, 0.25) is 0 Å². The maximum Gasteiger partial charge on any atom is 0.158 e. The molecule has 0 fully saturated rings. The van der Waals surface area contributed by atoms with E-state index >= 15 is 0 Å². The van der Waals surface area contributed by atoms with Crippen LogP contribution in [-0.4, -0.2) is 10.2 Å². The van der Waals surface area contributed by atoms with Gasteiger partial charge in [0.05, 0.1) is 11.6 Å². The van der Waals surface area contributed by atoms with Crippen LogP contribution in [0.1, 0.15) is 11.1 Å². The number of hydrogen-bond donors (Lipinski definition) is 2. The van der Waals surface area contributed by atoms with Gasteiger partial charge < -0.3 is 10.2 Å². The number of nitriles is 1. The van der Waals surface area contributed by atoms with Crippen molar-refractivity contribution in [3.05, 3.63) is 58.1 Å². The van der Waals surface area contributed by atoms with E-state index in [-0.39, 0.29) is 11.5 Å². The molecule has 2 aromatic rings. The van der Waals surface area contributed by atoms with Crippen molar-refractivity contribution < 1.29 is 10.2 Å². The monoisotopic (exact) mass is 315 g/mol. The Kier molecular flexibility index (Phi) is 3.88. The molecule has 0 saturated carbocycles. The van der Waals surface area contributed by atoms with Crippen LogP contribution in [0.15, 0.2) is 46.9 Å². The molecule has 0 atom stereocenters. The van der Waals surface area contributed by atoms with Crippen LogP contribution in [-0.2, 0) is 0 Å². The van der Waals surface area contributed by atoms with E-state index in [0.29, 0.717) is 11.1 Å². The lowest BCUT2D eigenvalue weighted by atomic mass is 10.0. The maximum absolute atomic E-state index is 9.45. The van der Waals surface area contributed by atoms with E-state index in [4.69, 9.17) is 0 Å². The Morgan fingerprint density at radius 3 is 2.32 bits per heavy atom. The third-order valence-electron chi connectivity index (χ3n) is 2.59. The van der Waals surface area contributed by atoms with Gasteiger partial charge in [-0.25, -0.2) is 0 Å². The Morgan fingerprint density at radius 1 is 1.05 bits per heavy atom. The molecule has 2 N–H and O–H groups in total. The van der Waals surface area contributed by atoms with Crippen molar-refractivity contribution >= 4 is 27.6 Å². The molecule has 3 nitrogen and oxygen atoms in total. The number of benzene rings is 2. The molecular formula is C15H10BrNO2. The quantitative estimate of drug-likeness (QED) is 0.501. The number of nitrogens with zero attached hydrogens (tertiary/aromatic N) is 1. The summed E-state index contributed by atoms with van der Waals surface area (Å²) in [6.45, 7) is 0. The summed E-state index contributed by atoms with van der Waals surface area (Å²) in [5.41, 5.74) is 1.85. The Labute approximate surface area is 119 Å². The highest BCUT2D eigenvalue weighted by Crippen LogP contribution is 2.29. The largest absolute Gasteiger partial charge is 0.504 e. The number of halogens is 1. The number of aromatic hydroxyl groups is 2. The van der Waals surface area contributed by atoms with Crippen molar-refractivity contribution in [2.24, 2.45) is 0 Å². The zero-order valence-corrected chi connectivity index (χ0v) is 11.4. The van der Waals surface area contributed by atoms with Crippen LogP contribution in [0.4, 0.5) is 0 Å². The van der Waals surface area contributed by atoms with Crippen molar-refractivity contribution in [2.75, 3.05) is 0 Å². The fourth-order valence-corrected chi connectivity index (χ4v) is 1.86. The summed E-state index contributed by atoms with van der Waals surface area (Å²) in [5.74, 6) is -0.445. The molecule has 2 rings (SSSR count). The van der Waals surface area contributed by atoms with E-state index in [2.05, 4.69) is 22.0 Å². The number of phenolic OH excluding ortho intramolecular Hbond substituents is 2. The van der Waals surface area contributed by atoms with Crippen LogP contribution in [0.3, 0.4) is 0 Å². The fourth-order valence-electron chi connectivity index (χ4n) is 1.60. The van der Waals surface area contributed by atoms with Gasteiger partial charge in [-0.2, -0.15) is 5.26 Å². The predicted octanol–water partition coefficient (Wildman–Crippen LogP) is 3.92. The SMILES string of the molecule is N#C/C(=C\c1ccc(Br)cc1)c1ccc(O)c(O)c1. The second kappa shape index (κ2) is 5.59. The molecule has 94 valence electrons. The molecule has 0 saturated heterocycles. The standard InChI is InChI=1S/C15H10BrNO2/c16-13-4-1-10(2-5-13)7-12(9-17)11-3-6-14(18)15(19)8-11/h1-8,18-19H/b12-7+. The molecule has 0 amide bonds. The first-order valence-electron chi connectivity index (χ1n) is 5.50. The lowest BCUT2D eigenvalue weighted by molar-refractivity contribution is 0.403. The van der Waals surface area contributed by atoms with Crippen LogP contribution in [0.25, 0.3) is 11.6 Å². The minimum atomic E-state index is -0.241. The molecule has 0 heterocycles. The van der Waals surface area contributed by atoms with Crippen molar-refractivity contribution in [1.82, 2.24) is 0 Å². The number of hydrogen-bond acceptors (Lipinski definition) is 3. The minimum Gasteiger partial charge on any atom is -0.504 e. The van der Waals surface area contributed by atoms with Gasteiger partial charge in [-0.15, -0.1) is 0 Å². The third kappa shape index (κ3) is 3.15. The van der Waals surface area contributed by atoms with Crippen LogP contribution in [0, 0.1) is 11.3 Å². The summed E-state index contributed by atoms with van der Waals surface area (Å²) < 4.78 is 0.963. The first-order valence-corrected chi connectivity index (χ1v) is 6.29. The van der Waals surface area contributed by atoms with Crippen LogP contribution in [0.5, 0.6) is 11.5 Å². The molecule has 2 aromatic carbocycles. The molecule has 0 aliphatic heterocycles. The first kappa shape index (κ1) is 13.2. The molecule has 0 unspecified atom stereocenters. The van der Waals surface area contributed by atoms with Gasteiger partial charge in [0, 0.05) is 4.47 Å². The Balaban J connectivity index is 2.42. The normalized spacial score (nSPS) is 11.1. The molecule has 19 heavy (non-hydrogen) atoms. The van der Waals surface area contributed by atoms with Crippen molar-refractivity contribution in [3.8, 4) is 17.6 Å². The fraction of sp³-hybridized carbons (Fsp3) is 0. The first-order chi connectivity index (χ1) is 9.10. The summed E-state index contributed by atoms with van der Waals surface area (Å²) in [4.78, 5) is 0. The highest BCUT2D eigenvalue weighted by atomic mass is 79.9. The summed E-state index contributed by atoms with van der Waals surface area (Å²) >= 11 is 3.34. The second-order valence-corrected chi connectivity index (χ2v) is 4.84. The summed E-state index contributed by atoms with van der Waals surface area (Å²) in [7, 11) is 0. The Morgan fingerprint density at radius 2 is 1.74 bits per heavy atom. The van der Waals surface area contributed by atoms with Crippen LogP contribution >= 0.6 is 15.9 Å². The van der Waals surface area contributed by atoms with Gasteiger partial charge in [0.1, 0.15) is 0 Å². The molecule has 4 heteroatoms. The molecule has 0 spiro atoms. The highest BCUT2D eigenvalue weighted by Gasteiger charge is 2.05. The predicted molar refractivity (Wildman–Crippen MR) is 77.4 cm³/mol. The lowest BCUT2D eigenvalue weighted by Crippen LogP contribution is -1.82. The molecule has 0 aliphatic carbocycles. The van der Waals surface area contributed by atoms with E-state index in [1.807, 2.05) is 24.3 Å². The summed E-state index contributed by atoms with van der Waals surface area (Å²) in [6.07, 6.45) is 1.72. The number of phenols is 2. The minimum absolute atomic E-state index is 0.204. The van der Waals surface area contributed by atoms with Gasteiger partial charge >= 0.3 is 0 Å². The van der Waals surface area contributed by atoms with Crippen LogP contribution < -0.4 is 0 Å². The zero-order chi connectivity index (χ0) is 13.8. The van der Waals surface area contributed by atoms with Gasteiger partial charge in [0.25, 0.3) is 0 Å². The molecule has 0 bridgehead atoms. The van der Waals surface area contributed by atoms with E-state index in [1.54, 1.807) is 12.1 Å². The zero-order valence-electron chi connectivity index (χ0n) is 9.84. The topological polar surface area (TPSA) is 64.2 Å². The smallest absolute Gasteiger partial charge is 0.158 e. The van der Waals surface area contributed by atoms with E-state index in [1.165, 1.54) is 12.1 Å². The lowest BCUT2D eigenvalue weighted by Gasteiger charge is -2.02. The van der Waals surface area contributed by atoms with Gasteiger partial charge in [-0.05, 0) is 47.5 Å². The van der Waals surface area contributed by atoms with E-state index < -0.39 is 0 Å². The summed E-state index contributed by atoms with van der Waals surface area (Å²) in [5, 5.41) is 27.9. The molecule has 0 aromatic heterocycles. The second-order valence-electron chi connectivity index (χ2n) is 3.92. The number of rotatable bonds is 2. The molecule has 0 aliphatic rings. The van der Waals surface area contributed by atoms with Gasteiger partial charge in [0.2, 0.25) is 0 Å². The van der Waals surface area contributed by atoms with Gasteiger partial charge in [-0.1, -0.05) is 28.1 Å². The molecule has 0 radical (unpaired) electrons. The van der Waals surface area contributed by atoms with E-state index in [9.17, 15) is 15.5 Å². The Hall–Kier alpha value is -2.25. The van der Waals surface area contributed by atoms with E-state index in [0.717, 1.165) is 10.0 Å². The van der Waals surface area contributed by atoms with Gasteiger partial charge in [0.15, 0.2) is 11.5 Å². The average Bonchev–Trinajstić information content (AvgIpc) is 2.41. The van der Waals surface area contributed by atoms with Crippen molar-refractivity contribution in [2.45, 2.75) is 0 Å². The Bertz CT molecular complexity index is 670. The number of allylic oxidation sites excluding steroid dienone is 1. The maximum atomic E-state index is 9.45. The average molecular weight is 316 g/mol. The third-order valence-corrected chi connectivity index (χ3v) is 3.12. The summed E-state index contributed by atoms with van der Waals surface area (Å²) in [6, 6.07) is 13.9. The van der Waals surface area contributed by atoms with Crippen molar-refractivity contribution in [1.29, 1.82) is 5.26 Å². The highest BCUT2D eigenvalue weighted by molar-refractivity contribution is 9.10. The van der Waals surface area contributed by atoms with Crippen molar-refractivity contribution in [3.63, 3.8) is 0 Å².